The van der Waals surface area contributed by atoms with E-state index in [1.54, 1.807) is 38.5 Å². The summed E-state index contributed by atoms with van der Waals surface area (Å²) in [5.74, 6) is 0.369. The number of aryl methyl sites for hydroxylation is 1. The van der Waals surface area contributed by atoms with Crippen LogP contribution in [0, 0.1) is 11.3 Å². The monoisotopic (exact) mass is 888 g/mol. The topological polar surface area (TPSA) is 196 Å². The van der Waals surface area contributed by atoms with Gasteiger partial charge in [0, 0.05) is 114 Å². The maximum atomic E-state index is 12.3. The average Bonchev–Trinajstić information content (AvgIpc) is 3.86. The van der Waals surface area contributed by atoms with E-state index in [9.17, 15) is 24.4 Å². The zero-order valence-electron chi connectivity index (χ0n) is 37.8. The molecular weight excluding hydrogens is 823 g/mol. The van der Waals surface area contributed by atoms with Gasteiger partial charge in [-0.3, -0.25) is 34.0 Å². The number of pyridine rings is 4. The minimum atomic E-state index is -0.200. The van der Waals surface area contributed by atoms with Crippen LogP contribution < -0.4 is 36.3 Å². The molecule has 3 aliphatic rings. The molecule has 0 aliphatic carbocycles. The Morgan fingerprint density at radius 2 is 1.45 bits per heavy atom. The van der Waals surface area contributed by atoms with Gasteiger partial charge >= 0.3 is 0 Å². The van der Waals surface area contributed by atoms with E-state index in [1.165, 1.54) is 5.56 Å². The highest BCUT2D eigenvalue weighted by atomic mass is 16.5. The third kappa shape index (κ3) is 10.5. The Hall–Kier alpha value is -7.09. The van der Waals surface area contributed by atoms with Gasteiger partial charge in [0.05, 0.1) is 51.9 Å². The molecule has 4 N–H and O–H groups in total. The Morgan fingerprint density at radius 1 is 0.769 bits per heavy atom. The van der Waals surface area contributed by atoms with Crippen molar-refractivity contribution in [3.63, 3.8) is 0 Å². The van der Waals surface area contributed by atoms with Crippen molar-refractivity contribution in [2.75, 3.05) is 82.9 Å². The number of ether oxygens (including phenoxy) is 1. The van der Waals surface area contributed by atoms with E-state index >= 15 is 0 Å². The molecule has 9 rings (SSSR count). The number of fused-ring (bicyclic) bond motifs is 4. The van der Waals surface area contributed by atoms with E-state index in [-0.39, 0.29) is 28.6 Å². The molecule has 2 amide bonds. The number of anilines is 2. The van der Waals surface area contributed by atoms with Crippen LogP contribution in [0.1, 0.15) is 75.1 Å². The Morgan fingerprint density at radius 3 is 2.11 bits per heavy atom. The van der Waals surface area contributed by atoms with Crippen LogP contribution in [0.15, 0.2) is 82.6 Å². The van der Waals surface area contributed by atoms with Crippen LogP contribution >= 0.6 is 0 Å². The van der Waals surface area contributed by atoms with Gasteiger partial charge in [-0.15, -0.1) is 0 Å². The van der Waals surface area contributed by atoms with Crippen molar-refractivity contribution < 1.29 is 20.0 Å². The molecule has 2 aromatic carbocycles. The molecule has 0 unspecified atom stereocenters. The number of hydrogen-bond acceptors (Lipinski definition) is 12. The Balaban J connectivity index is 0.000000334. The second-order valence-electron chi connectivity index (χ2n) is 15.9. The molecule has 2 fully saturated rings. The summed E-state index contributed by atoms with van der Waals surface area (Å²) in [7, 11) is 3.18. The smallest absolute Gasteiger partial charge is 0.269 e. The lowest BCUT2D eigenvalue weighted by Gasteiger charge is -2.36. The lowest BCUT2D eigenvalue weighted by atomic mass is 10.1. The van der Waals surface area contributed by atoms with E-state index in [1.807, 2.05) is 51.2 Å². The summed E-state index contributed by atoms with van der Waals surface area (Å²) in [6.45, 7) is 15.0. The number of aromatic amines is 2. The zero-order chi connectivity index (χ0) is 46.0. The predicted molar refractivity (Wildman–Crippen MR) is 262 cm³/mol. The van der Waals surface area contributed by atoms with Crippen molar-refractivity contribution in [1.82, 2.24) is 40.4 Å². The number of carbonyl (C=O) groups excluding carboxylic acids is 2. The van der Waals surface area contributed by atoms with Crippen LogP contribution in [-0.2, 0) is 25.9 Å². The summed E-state index contributed by atoms with van der Waals surface area (Å²) in [5.41, 5.74) is 9.35. The Bertz CT molecular complexity index is 2840. The first kappa shape index (κ1) is 45.9. The largest absolute Gasteiger partial charge is 0.492 e. The molecule has 6 aromatic rings. The maximum Gasteiger partial charge on any atom is 0.269 e. The van der Waals surface area contributed by atoms with Crippen LogP contribution in [0.25, 0.3) is 21.9 Å². The number of nitrogens with one attached hydrogen (secondary N) is 4. The van der Waals surface area contributed by atoms with Crippen molar-refractivity contribution >= 4 is 45.1 Å². The van der Waals surface area contributed by atoms with Crippen molar-refractivity contribution in [1.29, 1.82) is 5.26 Å². The van der Waals surface area contributed by atoms with Gasteiger partial charge in [-0.05, 0) is 72.1 Å². The molecular formula is C49H65N11O5. The van der Waals surface area contributed by atoms with Crippen LogP contribution in [-0.4, -0.2) is 115 Å². The molecule has 16 heteroatoms. The second kappa shape index (κ2) is 21.1. The number of rotatable bonds is 9. The molecule has 0 spiro atoms. The van der Waals surface area contributed by atoms with Gasteiger partial charge in [0.25, 0.3) is 22.9 Å². The predicted octanol–water partition coefficient (Wildman–Crippen LogP) is 5.59. The molecule has 2 saturated heterocycles. The molecule has 0 bridgehead atoms. The highest BCUT2D eigenvalue weighted by molar-refractivity contribution is 5.95. The second-order valence-corrected chi connectivity index (χ2v) is 15.9. The highest BCUT2D eigenvalue weighted by Crippen LogP contribution is 2.31. The van der Waals surface area contributed by atoms with Gasteiger partial charge in [-0.1, -0.05) is 26.8 Å². The standard InChI is InChI=1S/C24H26N6O2.C23H25N5O3.C2H6.4H2/c1-3-17-12-20-21(28-24(17)32)10-16(14-27-20)15-29-6-8-30(9-7-29)22-5-4-18(23(31)26-2)11-19(22)13-25;1-24-23(30)19-5-3-16(13-25-19)28-9-7-27(8-10-28)14-15-2-4-17-20(12-15)26-22(29)18-6-11-31-21(17)18;1-2;;;;/h4-5,10-12,14H,3,6-9,15H2,1-2H3,(H,26,31)(H,28,32);2-5,12-13H,6-11,14H2,1H3,(H,24,30)(H,26,29);1-2H3;4*1H. The number of aromatic nitrogens is 4. The summed E-state index contributed by atoms with van der Waals surface area (Å²) in [6, 6.07) is 21.3. The molecule has 0 atom stereocenters. The van der Waals surface area contributed by atoms with Gasteiger partial charge in [0.2, 0.25) is 0 Å². The van der Waals surface area contributed by atoms with Crippen LogP contribution in [0.3, 0.4) is 0 Å². The zero-order valence-corrected chi connectivity index (χ0v) is 37.8. The fourth-order valence-corrected chi connectivity index (χ4v) is 8.47. The molecule has 7 heterocycles. The molecule has 16 nitrogen and oxygen atoms in total. The van der Waals surface area contributed by atoms with Gasteiger partial charge in [0.1, 0.15) is 17.5 Å². The maximum absolute atomic E-state index is 12.3. The molecule has 0 saturated carbocycles. The van der Waals surface area contributed by atoms with Gasteiger partial charge in [-0.2, -0.15) is 5.26 Å². The van der Waals surface area contributed by atoms with Crippen LogP contribution in [0.2, 0.25) is 0 Å². The normalized spacial score (nSPS) is 14.9. The van der Waals surface area contributed by atoms with E-state index in [0.29, 0.717) is 36.3 Å². The first-order valence-electron chi connectivity index (χ1n) is 22.3. The summed E-state index contributed by atoms with van der Waals surface area (Å²) < 4.78 is 5.70. The number of piperazine rings is 2. The third-order valence-corrected chi connectivity index (χ3v) is 12.0. The summed E-state index contributed by atoms with van der Waals surface area (Å²) in [5, 5.41) is 15.7. The van der Waals surface area contributed by atoms with E-state index < -0.39 is 0 Å². The summed E-state index contributed by atoms with van der Waals surface area (Å²) in [6.07, 6.45) is 5.00. The fraction of sp³-hybridized carbons (Fsp3) is 0.367. The molecule has 3 aliphatic heterocycles. The number of nitrogens with zero attached hydrogens (tertiary/aromatic N) is 7. The Labute approximate surface area is 384 Å². The Kier molecular flexibility index (Phi) is 14.9. The molecule has 346 valence electrons. The minimum Gasteiger partial charge on any atom is -0.492 e. The number of hydrogen-bond donors (Lipinski definition) is 4. The number of carbonyl (C=O) groups is 2. The third-order valence-electron chi connectivity index (χ3n) is 12.0. The van der Waals surface area contributed by atoms with E-state index in [2.05, 4.69) is 74.4 Å². The molecule has 65 heavy (non-hydrogen) atoms. The number of H-pyrrole nitrogens is 2. The molecule has 0 radical (unpaired) electrons. The number of nitriles is 1. The minimum absolute atomic E-state index is 0. The van der Waals surface area contributed by atoms with Crippen LogP contribution in [0.5, 0.6) is 5.75 Å². The van der Waals surface area contributed by atoms with Crippen molar-refractivity contribution in [3.8, 4) is 11.8 Å². The van der Waals surface area contributed by atoms with Crippen LogP contribution in [0.4, 0.5) is 11.4 Å². The quantitative estimate of drug-likeness (QED) is 0.141. The SMILES string of the molecule is CC.CCc1cc2ncc(CN3CCN(c4ccc(C(=O)NC)cc4C#N)CC3)cc2[nH]c1=O.CNC(=O)c1ccc(N2CCN(Cc3ccc4c5c(c(=O)[nH]c4c3)CCO5)CC2)cn1.[HH].[HH].[HH].[HH]. The summed E-state index contributed by atoms with van der Waals surface area (Å²) >= 11 is 0. The molecule has 4 aromatic heterocycles. The fourth-order valence-electron chi connectivity index (χ4n) is 8.47. The van der Waals surface area contributed by atoms with Gasteiger partial charge < -0.3 is 35.1 Å². The first-order chi connectivity index (χ1) is 31.6. The average molecular weight is 888 g/mol. The van der Waals surface area contributed by atoms with Gasteiger partial charge in [0.15, 0.2) is 0 Å². The van der Waals surface area contributed by atoms with Crippen molar-refractivity contribution in [3.05, 3.63) is 133 Å². The van der Waals surface area contributed by atoms with Gasteiger partial charge in [-0.25, -0.2) is 4.98 Å². The number of amides is 2. The number of benzene rings is 2. The lowest BCUT2D eigenvalue weighted by Crippen LogP contribution is -2.46. The highest BCUT2D eigenvalue weighted by Gasteiger charge is 2.23. The van der Waals surface area contributed by atoms with Crippen molar-refractivity contribution in [2.24, 2.45) is 0 Å². The first-order valence-corrected chi connectivity index (χ1v) is 22.3. The summed E-state index contributed by atoms with van der Waals surface area (Å²) in [4.78, 5) is 71.9. The van der Waals surface area contributed by atoms with E-state index in [4.69, 9.17) is 4.74 Å². The van der Waals surface area contributed by atoms with E-state index in [0.717, 1.165) is 121 Å². The van der Waals surface area contributed by atoms with Crippen molar-refractivity contribution in [2.45, 2.75) is 46.7 Å². The lowest BCUT2D eigenvalue weighted by molar-refractivity contribution is 0.0952.